The van der Waals surface area contributed by atoms with Gasteiger partial charge in [-0.25, -0.2) is 13.1 Å². The van der Waals surface area contributed by atoms with E-state index < -0.39 is 10.0 Å². The van der Waals surface area contributed by atoms with Gasteiger partial charge >= 0.3 is 0 Å². The Kier molecular flexibility index (Phi) is 6.15. The summed E-state index contributed by atoms with van der Waals surface area (Å²) in [5.74, 6) is 0. The number of ether oxygens (including phenoxy) is 1. The normalized spacial score (nSPS) is 20.8. The lowest BCUT2D eigenvalue weighted by Gasteiger charge is -2.29. The van der Waals surface area contributed by atoms with Crippen molar-refractivity contribution in [2.24, 2.45) is 0 Å². The number of rotatable bonds is 7. The number of thiophene rings is 1. The zero-order valence-corrected chi connectivity index (χ0v) is 14.1. The van der Waals surface area contributed by atoms with E-state index >= 15 is 0 Å². The highest BCUT2D eigenvalue weighted by Crippen LogP contribution is 2.19. The molecule has 1 aliphatic rings. The zero-order chi connectivity index (χ0) is 15.3. The Balaban J connectivity index is 1.90. The molecule has 0 aliphatic carbocycles. The van der Waals surface area contributed by atoms with Gasteiger partial charge in [-0.1, -0.05) is 6.92 Å². The first kappa shape index (κ1) is 16.9. The van der Waals surface area contributed by atoms with Crippen molar-refractivity contribution in [2.45, 2.75) is 24.5 Å². The number of hydrogen-bond donors (Lipinski definition) is 2. The molecule has 120 valence electrons. The van der Waals surface area contributed by atoms with Crippen LogP contribution in [0.25, 0.3) is 0 Å². The van der Waals surface area contributed by atoms with Gasteiger partial charge < -0.3 is 15.0 Å². The molecule has 0 aromatic carbocycles. The monoisotopic (exact) mass is 333 g/mol. The molecule has 0 spiro atoms. The molecule has 1 aromatic rings. The SMILES string of the molecule is CCNCc1cc(S(=O)(=O)NCC2CN(C)CCO2)cs1. The standard InChI is InChI=1S/C13H23N3O3S2/c1-3-14-8-12-6-13(10-20-12)21(17,18)15-7-11-9-16(2)4-5-19-11/h6,10-11,14-15H,3-5,7-9H2,1-2H3. The Morgan fingerprint density at radius 1 is 1.52 bits per heavy atom. The average Bonchev–Trinajstić information content (AvgIpc) is 2.93. The van der Waals surface area contributed by atoms with Crippen LogP contribution < -0.4 is 10.0 Å². The fraction of sp³-hybridized carbons (Fsp3) is 0.692. The topological polar surface area (TPSA) is 70.7 Å². The number of nitrogens with one attached hydrogen (secondary N) is 2. The summed E-state index contributed by atoms with van der Waals surface area (Å²) in [5, 5.41) is 4.87. The van der Waals surface area contributed by atoms with E-state index in [1.54, 1.807) is 11.4 Å². The van der Waals surface area contributed by atoms with E-state index in [0.717, 1.165) is 24.5 Å². The summed E-state index contributed by atoms with van der Waals surface area (Å²) in [4.78, 5) is 3.50. The Bertz CT molecular complexity index is 545. The number of morpholine rings is 1. The molecule has 1 fully saturated rings. The molecule has 2 N–H and O–H groups in total. The van der Waals surface area contributed by atoms with E-state index in [-0.39, 0.29) is 6.10 Å². The number of sulfonamides is 1. The van der Waals surface area contributed by atoms with Gasteiger partial charge in [-0.3, -0.25) is 0 Å². The lowest BCUT2D eigenvalue weighted by molar-refractivity contribution is -0.0156. The molecule has 21 heavy (non-hydrogen) atoms. The predicted molar refractivity (Wildman–Crippen MR) is 84.1 cm³/mol. The Hall–Kier alpha value is -0.510. The second-order valence-corrected chi connectivity index (χ2v) is 7.90. The minimum absolute atomic E-state index is 0.0848. The van der Waals surface area contributed by atoms with E-state index in [2.05, 4.69) is 14.9 Å². The van der Waals surface area contributed by atoms with Crippen molar-refractivity contribution in [3.05, 3.63) is 16.3 Å². The predicted octanol–water partition coefficient (Wildman–Crippen LogP) is 0.467. The smallest absolute Gasteiger partial charge is 0.241 e. The highest BCUT2D eigenvalue weighted by atomic mass is 32.2. The maximum Gasteiger partial charge on any atom is 0.241 e. The summed E-state index contributed by atoms with van der Waals surface area (Å²) in [7, 11) is -1.44. The van der Waals surface area contributed by atoms with Crippen molar-refractivity contribution >= 4 is 21.4 Å². The van der Waals surface area contributed by atoms with Crippen molar-refractivity contribution < 1.29 is 13.2 Å². The second-order valence-electron chi connectivity index (χ2n) is 5.14. The molecule has 0 amide bonds. The van der Waals surface area contributed by atoms with Crippen LogP contribution in [-0.4, -0.2) is 59.3 Å². The van der Waals surface area contributed by atoms with Crippen LogP contribution >= 0.6 is 11.3 Å². The molecule has 1 saturated heterocycles. The maximum atomic E-state index is 12.2. The largest absolute Gasteiger partial charge is 0.374 e. The molecular formula is C13H23N3O3S2. The van der Waals surface area contributed by atoms with E-state index in [1.807, 2.05) is 14.0 Å². The third-order valence-electron chi connectivity index (χ3n) is 3.33. The minimum atomic E-state index is -3.45. The third-order valence-corrected chi connectivity index (χ3v) is 5.82. The van der Waals surface area contributed by atoms with Crippen LogP contribution in [-0.2, 0) is 21.3 Å². The van der Waals surface area contributed by atoms with Crippen molar-refractivity contribution in [3.63, 3.8) is 0 Å². The molecule has 0 bridgehead atoms. The third kappa shape index (κ3) is 5.01. The van der Waals surface area contributed by atoms with E-state index in [1.165, 1.54) is 11.3 Å². The summed E-state index contributed by atoms with van der Waals surface area (Å²) in [6.07, 6.45) is -0.0848. The van der Waals surface area contributed by atoms with Crippen LogP contribution in [0.5, 0.6) is 0 Å². The minimum Gasteiger partial charge on any atom is -0.374 e. The highest BCUT2D eigenvalue weighted by Gasteiger charge is 2.22. The van der Waals surface area contributed by atoms with Crippen LogP contribution in [0, 0.1) is 0 Å². The highest BCUT2D eigenvalue weighted by molar-refractivity contribution is 7.89. The van der Waals surface area contributed by atoms with Crippen LogP contribution in [0.15, 0.2) is 16.3 Å². The van der Waals surface area contributed by atoms with Gasteiger partial charge in [0.25, 0.3) is 0 Å². The molecule has 0 radical (unpaired) electrons. The average molecular weight is 333 g/mol. The number of likely N-dealkylation sites (N-methyl/N-ethyl adjacent to an activating group) is 1. The van der Waals surface area contributed by atoms with Gasteiger partial charge in [-0.15, -0.1) is 11.3 Å². The maximum absolute atomic E-state index is 12.2. The molecule has 1 aromatic heterocycles. The first-order valence-corrected chi connectivity index (χ1v) is 9.45. The van der Waals surface area contributed by atoms with E-state index in [0.29, 0.717) is 24.6 Å². The molecule has 0 saturated carbocycles. The lowest BCUT2D eigenvalue weighted by atomic mass is 10.3. The molecule has 8 heteroatoms. The first-order chi connectivity index (χ1) is 10.0. The molecule has 2 heterocycles. The van der Waals surface area contributed by atoms with Crippen LogP contribution in [0.1, 0.15) is 11.8 Å². The quantitative estimate of drug-likeness (QED) is 0.759. The van der Waals surface area contributed by atoms with Crippen molar-refractivity contribution in [1.29, 1.82) is 0 Å². The Morgan fingerprint density at radius 2 is 2.33 bits per heavy atom. The van der Waals surface area contributed by atoms with Gasteiger partial charge in [0, 0.05) is 36.4 Å². The fourth-order valence-electron chi connectivity index (χ4n) is 2.12. The van der Waals surface area contributed by atoms with Gasteiger partial charge in [0.15, 0.2) is 0 Å². The van der Waals surface area contributed by atoms with Gasteiger partial charge in [-0.05, 0) is 19.7 Å². The molecule has 1 unspecified atom stereocenters. The lowest BCUT2D eigenvalue weighted by Crippen LogP contribution is -2.45. The van der Waals surface area contributed by atoms with E-state index in [9.17, 15) is 8.42 Å². The van der Waals surface area contributed by atoms with Gasteiger partial charge in [-0.2, -0.15) is 0 Å². The Morgan fingerprint density at radius 3 is 3.05 bits per heavy atom. The fourth-order valence-corrected chi connectivity index (χ4v) is 4.43. The van der Waals surface area contributed by atoms with Gasteiger partial charge in [0.2, 0.25) is 10.0 Å². The molecule has 2 rings (SSSR count). The van der Waals surface area contributed by atoms with E-state index in [4.69, 9.17) is 4.74 Å². The summed E-state index contributed by atoms with van der Waals surface area (Å²) in [6.45, 7) is 6.19. The van der Waals surface area contributed by atoms with Crippen LogP contribution in [0.3, 0.4) is 0 Å². The number of hydrogen-bond acceptors (Lipinski definition) is 6. The Labute approximate surface area is 130 Å². The number of nitrogens with zero attached hydrogens (tertiary/aromatic N) is 1. The summed E-state index contributed by atoms with van der Waals surface area (Å²) >= 11 is 1.46. The summed E-state index contributed by atoms with van der Waals surface area (Å²) in [6, 6.07) is 1.73. The summed E-state index contributed by atoms with van der Waals surface area (Å²) in [5.41, 5.74) is 0. The second kappa shape index (κ2) is 7.66. The zero-order valence-electron chi connectivity index (χ0n) is 12.5. The van der Waals surface area contributed by atoms with Crippen LogP contribution in [0.2, 0.25) is 0 Å². The van der Waals surface area contributed by atoms with Crippen LogP contribution in [0.4, 0.5) is 0 Å². The van der Waals surface area contributed by atoms with Crippen molar-refractivity contribution in [2.75, 3.05) is 39.8 Å². The van der Waals surface area contributed by atoms with Gasteiger partial charge in [0.1, 0.15) is 0 Å². The molecule has 6 nitrogen and oxygen atoms in total. The molecule has 1 aliphatic heterocycles. The van der Waals surface area contributed by atoms with Crippen molar-refractivity contribution in [3.8, 4) is 0 Å². The molecular weight excluding hydrogens is 310 g/mol. The first-order valence-electron chi connectivity index (χ1n) is 7.09. The summed E-state index contributed by atoms with van der Waals surface area (Å²) < 4.78 is 32.7. The van der Waals surface area contributed by atoms with Crippen molar-refractivity contribution in [1.82, 2.24) is 14.9 Å². The van der Waals surface area contributed by atoms with Gasteiger partial charge in [0.05, 0.1) is 17.6 Å². The molecule has 1 atom stereocenters.